The van der Waals surface area contributed by atoms with E-state index in [1.165, 1.54) is 0 Å². The van der Waals surface area contributed by atoms with Gasteiger partial charge in [0.25, 0.3) is 0 Å². The van der Waals surface area contributed by atoms with Gasteiger partial charge >= 0.3 is 98.2 Å². The SMILES string of the molecule is O=P(O)(O)O.[Ca+2].[Cu].[H-].[H-].[H-].[H-].[H-].[Mg+2].[Na+]. The van der Waals surface area contributed by atoms with Crippen LogP contribution in [-0.2, 0) is 21.6 Å². The van der Waals surface area contributed by atoms with Gasteiger partial charge in [-0.3, -0.25) is 0 Å². The van der Waals surface area contributed by atoms with Crippen molar-refractivity contribution in [3.8, 4) is 0 Å². The maximum atomic E-state index is 8.88. The van der Waals surface area contributed by atoms with E-state index < -0.39 is 7.82 Å². The summed E-state index contributed by atoms with van der Waals surface area (Å²) in [6, 6.07) is 0. The number of phosphoric acid groups is 1. The first kappa shape index (κ1) is 29.3. The Hall–Kier alpha value is 3.66. The van der Waals surface area contributed by atoms with E-state index in [9.17, 15) is 0 Å². The van der Waals surface area contributed by atoms with Crippen LogP contribution in [0.15, 0.2) is 0 Å². The van der Waals surface area contributed by atoms with Gasteiger partial charge in [0.2, 0.25) is 0 Å². The molecule has 0 saturated heterocycles. The summed E-state index contributed by atoms with van der Waals surface area (Å²) in [4.78, 5) is 21.6. The summed E-state index contributed by atoms with van der Waals surface area (Å²) in [5, 5.41) is 0. The zero-order valence-corrected chi connectivity index (χ0v) is 12.4. The minimum absolute atomic E-state index is 0. The van der Waals surface area contributed by atoms with Crippen LogP contribution >= 0.6 is 7.82 Å². The van der Waals surface area contributed by atoms with Crippen LogP contribution in [0.3, 0.4) is 0 Å². The first-order chi connectivity index (χ1) is 2.00. The summed E-state index contributed by atoms with van der Waals surface area (Å²) in [5.41, 5.74) is 0. The molecule has 0 bridgehead atoms. The first-order valence-corrected chi connectivity index (χ1v) is 2.35. The summed E-state index contributed by atoms with van der Waals surface area (Å²) >= 11 is 0. The van der Waals surface area contributed by atoms with Crippen LogP contribution in [0.2, 0.25) is 0 Å². The fourth-order valence-corrected chi connectivity index (χ4v) is 0. The second kappa shape index (κ2) is 14.2. The van der Waals surface area contributed by atoms with Crippen LogP contribution in [-0.4, -0.2) is 75.5 Å². The molecule has 0 rings (SSSR count). The van der Waals surface area contributed by atoms with E-state index in [0.717, 1.165) is 0 Å². The number of rotatable bonds is 0. The third-order valence-corrected chi connectivity index (χ3v) is 0. The predicted octanol–water partition coefficient (Wildman–Crippen LogP) is -4.13. The molecule has 1 radical (unpaired) electrons. The molecule has 0 aliphatic heterocycles. The molecule has 0 fully saturated rings. The van der Waals surface area contributed by atoms with Gasteiger partial charge in [-0.15, -0.1) is 0 Å². The van der Waals surface area contributed by atoms with Gasteiger partial charge in [0.15, 0.2) is 0 Å². The van der Waals surface area contributed by atoms with Gasteiger partial charge in [0.05, 0.1) is 0 Å². The van der Waals surface area contributed by atoms with Crippen molar-refractivity contribution >= 4 is 68.6 Å². The molecule has 3 N–H and O–H groups in total. The van der Waals surface area contributed by atoms with Crippen LogP contribution in [0.1, 0.15) is 7.13 Å². The minimum atomic E-state index is -4.64. The smallest absolute Gasteiger partial charge is 1.00 e. The second-order valence-electron chi connectivity index (χ2n) is 0.513. The quantitative estimate of drug-likeness (QED) is 0.303. The summed E-state index contributed by atoms with van der Waals surface area (Å²) in [6.45, 7) is 0. The molecule has 0 saturated carbocycles. The third-order valence-electron chi connectivity index (χ3n) is 0. The maximum absolute atomic E-state index is 8.88. The Morgan fingerprint density at radius 1 is 1.22 bits per heavy atom. The molecule has 0 aliphatic rings. The van der Waals surface area contributed by atoms with E-state index in [0.29, 0.717) is 0 Å². The van der Waals surface area contributed by atoms with Crippen molar-refractivity contribution in [2.24, 2.45) is 0 Å². The van der Waals surface area contributed by atoms with Crippen molar-refractivity contribution < 1.29 is 73.0 Å². The van der Waals surface area contributed by atoms with Crippen LogP contribution < -0.4 is 29.6 Å². The maximum Gasteiger partial charge on any atom is 2.00 e. The van der Waals surface area contributed by atoms with Crippen molar-refractivity contribution in [3.05, 3.63) is 0 Å². The Morgan fingerprint density at radius 2 is 1.22 bits per heavy atom. The van der Waals surface area contributed by atoms with Gasteiger partial charge in [0.1, 0.15) is 0 Å². The van der Waals surface area contributed by atoms with Gasteiger partial charge < -0.3 is 21.8 Å². The van der Waals surface area contributed by atoms with Gasteiger partial charge in [-0.05, 0) is 0 Å². The average molecular weight is 254 g/mol. The zero-order valence-electron chi connectivity index (χ0n) is 9.91. The van der Waals surface area contributed by atoms with Crippen molar-refractivity contribution in [2.45, 2.75) is 0 Å². The third kappa shape index (κ3) is 81.3. The Kier molecular flexibility index (Phi) is 46.3. The van der Waals surface area contributed by atoms with Gasteiger partial charge in [0, 0.05) is 17.1 Å². The topological polar surface area (TPSA) is 77.8 Å². The van der Waals surface area contributed by atoms with Crippen LogP contribution in [0.5, 0.6) is 0 Å². The van der Waals surface area contributed by atoms with Crippen LogP contribution in [0.4, 0.5) is 0 Å². The largest absolute Gasteiger partial charge is 2.00 e. The molecule has 0 aromatic carbocycles. The summed E-state index contributed by atoms with van der Waals surface area (Å²) in [7, 11) is -4.64. The molecule has 9 heteroatoms. The standard InChI is InChI=1S/Ca.Cu.Mg.Na.H3O4P.5H/c;;;;1-5(2,3)4;;;;;/h;;;;(H3,1,2,3,4);;;;;/q+2;;+2;+1;;5*-1. The Balaban J connectivity index is -0.00000000222. The predicted molar refractivity (Wildman–Crippen MR) is 31.3 cm³/mol. The Morgan fingerprint density at radius 3 is 1.22 bits per heavy atom. The minimum Gasteiger partial charge on any atom is -1.00 e. The van der Waals surface area contributed by atoms with E-state index in [1.807, 2.05) is 0 Å². The molecule has 0 aromatic heterocycles. The summed E-state index contributed by atoms with van der Waals surface area (Å²) in [5.74, 6) is 0. The molecular formula is H8CaCuMgNaO4P. The van der Waals surface area contributed by atoms with E-state index in [4.69, 9.17) is 19.2 Å². The molecule has 0 unspecified atom stereocenters. The molecule has 0 spiro atoms. The van der Waals surface area contributed by atoms with Crippen LogP contribution in [0, 0.1) is 0 Å². The van der Waals surface area contributed by atoms with Gasteiger partial charge in [-0.1, -0.05) is 0 Å². The molecule has 0 atom stereocenters. The molecule has 0 aromatic rings. The van der Waals surface area contributed by atoms with Crippen LogP contribution in [0.25, 0.3) is 0 Å². The van der Waals surface area contributed by atoms with Crippen molar-refractivity contribution in [1.29, 1.82) is 0 Å². The number of hydrogen-bond donors (Lipinski definition) is 3. The van der Waals surface area contributed by atoms with Gasteiger partial charge in [-0.25, -0.2) is 4.57 Å². The monoisotopic (exact) mass is 253 g/mol. The van der Waals surface area contributed by atoms with Gasteiger partial charge in [-0.2, -0.15) is 0 Å². The molecule has 0 amide bonds. The fourth-order valence-electron chi connectivity index (χ4n) is 0. The molecule has 0 aliphatic carbocycles. The van der Waals surface area contributed by atoms with E-state index in [2.05, 4.69) is 0 Å². The molecule has 4 nitrogen and oxygen atoms in total. The fraction of sp³-hybridized carbons (Fsp3) is 0. The Labute approximate surface area is 139 Å². The molecule has 9 heavy (non-hydrogen) atoms. The number of hydrogen-bond acceptors (Lipinski definition) is 1. The van der Waals surface area contributed by atoms with Crippen molar-refractivity contribution in [1.82, 2.24) is 0 Å². The van der Waals surface area contributed by atoms with E-state index in [-0.39, 0.29) is 115 Å². The Bertz CT molecular complexity index is 79.9. The average Bonchev–Trinajstić information content (AvgIpc) is 0.722. The zero-order chi connectivity index (χ0) is 4.50. The van der Waals surface area contributed by atoms with E-state index in [1.54, 1.807) is 0 Å². The molecule has 53 valence electrons. The summed E-state index contributed by atoms with van der Waals surface area (Å²) < 4.78 is 8.88. The second-order valence-corrected chi connectivity index (χ2v) is 1.54. The van der Waals surface area contributed by atoms with Crippen molar-refractivity contribution in [2.75, 3.05) is 0 Å². The van der Waals surface area contributed by atoms with E-state index >= 15 is 0 Å². The molecular weight excluding hydrogens is 246 g/mol. The molecule has 0 heterocycles. The first-order valence-electron chi connectivity index (χ1n) is 0.783. The summed E-state index contributed by atoms with van der Waals surface area (Å²) in [6.07, 6.45) is 0. The van der Waals surface area contributed by atoms with Crippen molar-refractivity contribution in [3.63, 3.8) is 0 Å². The normalized spacial score (nSPS) is 6.56.